The summed E-state index contributed by atoms with van der Waals surface area (Å²) >= 11 is 0. The number of hydrogen-bond acceptors (Lipinski definition) is 3. The summed E-state index contributed by atoms with van der Waals surface area (Å²) in [4.78, 5) is 30.2. The van der Waals surface area contributed by atoms with Gasteiger partial charge in [-0.15, -0.1) is 0 Å². The lowest BCUT2D eigenvalue weighted by Crippen LogP contribution is -2.36. The van der Waals surface area contributed by atoms with Gasteiger partial charge >= 0.3 is 11.8 Å². The fourth-order valence-electron chi connectivity index (χ4n) is 1.63. The third-order valence-corrected chi connectivity index (χ3v) is 2.72. The van der Waals surface area contributed by atoms with Gasteiger partial charge < -0.3 is 15.6 Å². The topological polar surface area (TPSA) is 86.9 Å². The van der Waals surface area contributed by atoms with E-state index in [1.807, 2.05) is 19.1 Å². The molecule has 0 saturated carbocycles. The second kappa shape index (κ2) is 6.51. The largest absolute Gasteiger partial charge is 0.349 e. The number of benzene rings is 1. The fourth-order valence-corrected chi connectivity index (χ4v) is 1.63. The summed E-state index contributed by atoms with van der Waals surface area (Å²) in [6.45, 7) is 2.31. The number of nitrogens with one attached hydrogen (secondary N) is 3. The maximum Gasteiger partial charge on any atom is 0.313 e. The molecule has 20 heavy (non-hydrogen) atoms. The van der Waals surface area contributed by atoms with Crippen LogP contribution >= 0.6 is 0 Å². The highest BCUT2D eigenvalue weighted by molar-refractivity contribution is 6.39. The van der Waals surface area contributed by atoms with Crippen molar-refractivity contribution in [1.29, 1.82) is 0 Å². The first-order valence-electron chi connectivity index (χ1n) is 6.29. The van der Waals surface area contributed by atoms with Gasteiger partial charge in [-0.3, -0.25) is 9.59 Å². The molecule has 6 heteroatoms. The summed E-state index contributed by atoms with van der Waals surface area (Å²) in [5.74, 6) is -0.560. The van der Waals surface area contributed by atoms with Crippen molar-refractivity contribution >= 4 is 17.5 Å². The lowest BCUT2D eigenvalue weighted by atomic mass is 10.2. The zero-order valence-corrected chi connectivity index (χ0v) is 11.1. The van der Waals surface area contributed by atoms with Crippen LogP contribution in [0.25, 0.3) is 0 Å². The summed E-state index contributed by atoms with van der Waals surface area (Å²) in [6.07, 6.45) is 3.90. The molecule has 0 aliphatic carbocycles. The van der Waals surface area contributed by atoms with E-state index in [1.165, 1.54) is 0 Å². The van der Waals surface area contributed by atoms with Crippen LogP contribution in [-0.4, -0.2) is 28.3 Å². The minimum atomic E-state index is -0.673. The number of nitrogens with zero attached hydrogens (tertiary/aromatic N) is 1. The van der Waals surface area contributed by atoms with Gasteiger partial charge in [0.1, 0.15) is 5.82 Å². The number of aromatic amines is 1. The number of hydrogen-bond donors (Lipinski definition) is 3. The van der Waals surface area contributed by atoms with Gasteiger partial charge in [-0.05, 0) is 19.1 Å². The highest BCUT2D eigenvalue weighted by Crippen LogP contribution is 2.08. The van der Waals surface area contributed by atoms with E-state index in [1.54, 1.807) is 24.5 Å². The molecule has 0 saturated heterocycles. The second-order valence-corrected chi connectivity index (χ2v) is 4.36. The summed E-state index contributed by atoms with van der Waals surface area (Å²) in [7, 11) is 0. The molecular formula is C14H16N4O2. The van der Waals surface area contributed by atoms with E-state index in [9.17, 15) is 9.59 Å². The maximum absolute atomic E-state index is 11.6. The van der Waals surface area contributed by atoms with Gasteiger partial charge in [0.2, 0.25) is 0 Å². The SMILES string of the molecule is Cc1ccc(NC(=O)C(=O)NCCc2ncc[nH]2)cc1. The van der Waals surface area contributed by atoms with Crippen molar-refractivity contribution in [3.05, 3.63) is 48.0 Å². The molecule has 6 nitrogen and oxygen atoms in total. The number of aryl methyl sites for hydroxylation is 1. The van der Waals surface area contributed by atoms with E-state index < -0.39 is 11.8 Å². The van der Waals surface area contributed by atoms with Crippen LogP contribution in [0.2, 0.25) is 0 Å². The van der Waals surface area contributed by atoms with Crippen LogP contribution < -0.4 is 10.6 Å². The van der Waals surface area contributed by atoms with E-state index in [4.69, 9.17) is 0 Å². The van der Waals surface area contributed by atoms with Gasteiger partial charge in [0.15, 0.2) is 0 Å². The zero-order chi connectivity index (χ0) is 14.4. The van der Waals surface area contributed by atoms with E-state index in [0.29, 0.717) is 18.7 Å². The summed E-state index contributed by atoms with van der Waals surface area (Å²) in [5, 5.41) is 5.08. The Morgan fingerprint density at radius 1 is 1.20 bits per heavy atom. The third-order valence-electron chi connectivity index (χ3n) is 2.72. The van der Waals surface area contributed by atoms with Gasteiger partial charge in [-0.25, -0.2) is 4.98 Å². The first kappa shape index (κ1) is 13.8. The maximum atomic E-state index is 11.6. The molecule has 0 spiro atoms. The molecule has 3 N–H and O–H groups in total. The van der Waals surface area contributed by atoms with Gasteiger partial charge in [-0.1, -0.05) is 17.7 Å². The molecule has 0 aliphatic rings. The van der Waals surface area contributed by atoms with Gasteiger partial charge in [0, 0.05) is 31.0 Å². The van der Waals surface area contributed by atoms with Gasteiger partial charge in [0.05, 0.1) is 0 Å². The number of imidazole rings is 1. The Balaban J connectivity index is 1.77. The lowest BCUT2D eigenvalue weighted by Gasteiger charge is -2.06. The smallest absolute Gasteiger partial charge is 0.313 e. The highest BCUT2D eigenvalue weighted by Gasteiger charge is 2.12. The van der Waals surface area contributed by atoms with Crippen molar-refractivity contribution in [2.24, 2.45) is 0 Å². The molecule has 1 aromatic heterocycles. The molecule has 0 atom stereocenters. The Labute approximate surface area is 116 Å². The first-order chi connectivity index (χ1) is 9.65. The number of H-pyrrole nitrogens is 1. The highest BCUT2D eigenvalue weighted by atomic mass is 16.2. The molecular weight excluding hydrogens is 256 g/mol. The standard InChI is InChI=1S/C14H16N4O2/c1-10-2-4-11(5-3-10)18-14(20)13(19)17-7-6-12-15-8-9-16-12/h2-5,8-9H,6-7H2,1H3,(H,15,16)(H,17,19)(H,18,20). The van der Waals surface area contributed by atoms with Crippen LogP contribution in [0.3, 0.4) is 0 Å². The molecule has 2 aromatic rings. The van der Waals surface area contributed by atoms with Crippen molar-refractivity contribution in [3.63, 3.8) is 0 Å². The molecule has 0 bridgehead atoms. The first-order valence-corrected chi connectivity index (χ1v) is 6.29. The van der Waals surface area contributed by atoms with Crippen LogP contribution in [0.15, 0.2) is 36.7 Å². The molecule has 0 radical (unpaired) electrons. The van der Waals surface area contributed by atoms with Crippen molar-refractivity contribution < 1.29 is 9.59 Å². The molecule has 1 heterocycles. The van der Waals surface area contributed by atoms with E-state index in [0.717, 1.165) is 11.4 Å². The molecule has 0 aliphatic heterocycles. The van der Waals surface area contributed by atoms with Crippen LogP contribution in [0.4, 0.5) is 5.69 Å². The Morgan fingerprint density at radius 3 is 2.60 bits per heavy atom. The van der Waals surface area contributed by atoms with Crippen LogP contribution in [-0.2, 0) is 16.0 Å². The van der Waals surface area contributed by atoms with Crippen LogP contribution in [0, 0.1) is 6.92 Å². The van der Waals surface area contributed by atoms with Crippen LogP contribution in [0.1, 0.15) is 11.4 Å². The van der Waals surface area contributed by atoms with E-state index in [-0.39, 0.29) is 0 Å². The van der Waals surface area contributed by atoms with E-state index in [2.05, 4.69) is 20.6 Å². The Hall–Kier alpha value is -2.63. The number of anilines is 1. The fraction of sp³-hybridized carbons (Fsp3) is 0.214. The summed E-state index contributed by atoms with van der Waals surface area (Å²) in [6, 6.07) is 7.24. The minimum absolute atomic E-state index is 0.355. The average Bonchev–Trinajstić information content (AvgIpc) is 2.94. The number of aromatic nitrogens is 2. The molecule has 104 valence electrons. The molecule has 2 rings (SSSR count). The molecule has 1 aromatic carbocycles. The van der Waals surface area contributed by atoms with E-state index >= 15 is 0 Å². The third kappa shape index (κ3) is 3.94. The number of carbonyl (C=O) groups is 2. The zero-order valence-electron chi connectivity index (χ0n) is 11.1. The molecule has 2 amide bonds. The monoisotopic (exact) mass is 272 g/mol. The quantitative estimate of drug-likeness (QED) is 0.726. The lowest BCUT2D eigenvalue weighted by molar-refractivity contribution is -0.136. The van der Waals surface area contributed by atoms with Gasteiger partial charge in [-0.2, -0.15) is 0 Å². The normalized spacial score (nSPS) is 10.1. The second-order valence-electron chi connectivity index (χ2n) is 4.36. The Bertz CT molecular complexity index is 576. The van der Waals surface area contributed by atoms with Crippen molar-refractivity contribution in [1.82, 2.24) is 15.3 Å². The van der Waals surface area contributed by atoms with Crippen molar-refractivity contribution in [2.45, 2.75) is 13.3 Å². The summed E-state index contributed by atoms with van der Waals surface area (Å²) < 4.78 is 0. The number of amides is 2. The number of carbonyl (C=O) groups excluding carboxylic acids is 2. The van der Waals surface area contributed by atoms with Gasteiger partial charge in [0.25, 0.3) is 0 Å². The minimum Gasteiger partial charge on any atom is -0.349 e. The average molecular weight is 272 g/mol. The predicted molar refractivity (Wildman–Crippen MR) is 75.1 cm³/mol. The Morgan fingerprint density at radius 2 is 1.95 bits per heavy atom. The Kier molecular flexibility index (Phi) is 4.49. The summed E-state index contributed by atoms with van der Waals surface area (Å²) in [5.41, 5.74) is 1.69. The molecule has 0 fully saturated rings. The van der Waals surface area contributed by atoms with Crippen molar-refractivity contribution in [2.75, 3.05) is 11.9 Å². The molecule has 0 unspecified atom stereocenters. The number of rotatable bonds is 4. The van der Waals surface area contributed by atoms with Crippen molar-refractivity contribution in [3.8, 4) is 0 Å². The van der Waals surface area contributed by atoms with Crippen LogP contribution in [0.5, 0.6) is 0 Å². The predicted octanol–water partition coefficient (Wildman–Crippen LogP) is 1.02.